The summed E-state index contributed by atoms with van der Waals surface area (Å²) in [5.74, 6) is 0.557. The molecule has 0 bridgehead atoms. The second kappa shape index (κ2) is 9.58. The van der Waals surface area contributed by atoms with Crippen molar-refractivity contribution in [1.29, 1.82) is 0 Å². The predicted molar refractivity (Wildman–Crippen MR) is 122 cm³/mol. The molecule has 0 saturated carbocycles. The summed E-state index contributed by atoms with van der Waals surface area (Å²) in [7, 11) is -2.67. The highest BCUT2D eigenvalue weighted by atomic mass is 79.9. The van der Waals surface area contributed by atoms with Gasteiger partial charge in [0.15, 0.2) is 0 Å². The van der Waals surface area contributed by atoms with Crippen molar-refractivity contribution in [2.75, 3.05) is 17.3 Å². The first-order chi connectivity index (χ1) is 14.8. The van der Waals surface area contributed by atoms with Crippen molar-refractivity contribution in [2.45, 2.75) is 4.90 Å². The summed E-state index contributed by atoms with van der Waals surface area (Å²) in [6.45, 7) is 0. The van der Waals surface area contributed by atoms with Gasteiger partial charge in [-0.25, -0.2) is 8.42 Å². The first-order valence-corrected chi connectivity index (χ1v) is 11.1. The van der Waals surface area contributed by atoms with E-state index in [1.807, 2.05) is 24.3 Å². The van der Waals surface area contributed by atoms with E-state index in [0.29, 0.717) is 5.75 Å². The summed E-state index contributed by atoms with van der Waals surface area (Å²) >= 11 is 3.39. The summed E-state index contributed by atoms with van der Waals surface area (Å²) in [5, 5.41) is 15.2. The van der Waals surface area contributed by atoms with Crippen molar-refractivity contribution < 1.29 is 18.1 Å². The number of nitrogens with zero attached hydrogens (tertiary/aromatic N) is 2. The van der Waals surface area contributed by atoms with Crippen LogP contribution in [0, 0.1) is 10.1 Å². The molecule has 160 valence electrons. The molecule has 11 heteroatoms. The van der Waals surface area contributed by atoms with Crippen LogP contribution in [0.1, 0.15) is 5.56 Å². The third-order valence-electron chi connectivity index (χ3n) is 4.10. The van der Waals surface area contributed by atoms with Gasteiger partial charge in [-0.15, -0.1) is 0 Å². The molecule has 0 radical (unpaired) electrons. The fourth-order valence-corrected chi connectivity index (χ4v) is 4.18. The smallest absolute Gasteiger partial charge is 0.270 e. The first kappa shape index (κ1) is 22.2. The van der Waals surface area contributed by atoms with Crippen LogP contribution in [0.2, 0.25) is 0 Å². The van der Waals surface area contributed by atoms with E-state index in [9.17, 15) is 18.5 Å². The summed E-state index contributed by atoms with van der Waals surface area (Å²) in [6, 6.07) is 17.0. The number of hydrogen-bond acceptors (Lipinski definition) is 7. The highest BCUT2D eigenvalue weighted by Crippen LogP contribution is 2.29. The lowest BCUT2D eigenvalue weighted by molar-refractivity contribution is -0.385. The minimum absolute atomic E-state index is 0.0786. The van der Waals surface area contributed by atoms with Crippen LogP contribution in [0.4, 0.5) is 17.1 Å². The number of hydrogen-bond donors (Lipinski definition) is 2. The number of methoxy groups -OCH3 is 1. The maximum Gasteiger partial charge on any atom is 0.270 e. The second-order valence-corrected chi connectivity index (χ2v) is 8.67. The Labute approximate surface area is 187 Å². The molecule has 0 unspecified atom stereocenters. The Bertz CT molecular complexity index is 1230. The van der Waals surface area contributed by atoms with Crippen LogP contribution < -0.4 is 14.9 Å². The van der Waals surface area contributed by atoms with Gasteiger partial charge in [-0.2, -0.15) is 5.10 Å². The maximum atomic E-state index is 13.0. The Morgan fingerprint density at radius 2 is 1.81 bits per heavy atom. The molecule has 0 aliphatic carbocycles. The minimum Gasteiger partial charge on any atom is -0.497 e. The molecule has 0 spiro atoms. The highest BCUT2D eigenvalue weighted by Gasteiger charge is 2.22. The van der Waals surface area contributed by atoms with Crippen LogP contribution in [0.5, 0.6) is 5.75 Å². The van der Waals surface area contributed by atoms with Crippen LogP contribution in [0.25, 0.3) is 0 Å². The average Bonchev–Trinajstić information content (AvgIpc) is 2.75. The Morgan fingerprint density at radius 3 is 2.45 bits per heavy atom. The van der Waals surface area contributed by atoms with E-state index >= 15 is 0 Å². The Hall–Kier alpha value is -3.44. The molecule has 3 rings (SSSR count). The number of benzene rings is 3. The van der Waals surface area contributed by atoms with E-state index in [4.69, 9.17) is 4.74 Å². The quantitative estimate of drug-likeness (QED) is 0.262. The van der Waals surface area contributed by atoms with Gasteiger partial charge in [0.1, 0.15) is 10.6 Å². The normalized spacial score (nSPS) is 11.3. The van der Waals surface area contributed by atoms with Gasteiger partial charge >= 0.3 is 0 Å². The lowest BCUT2D eigenvalue weighted by Crippen LogP contribution is -2.15. The maximum absolute atomic E-state index is 13.0. The summed E-state index contributed by atoms with van der Waals surface area (Å²) in [4.78, 5) is 10.2. The van der Waals surface area contributed by atoms with Gasteiger partial charge in [-0.3, -0.25) is 20.3 Å². The zero-order valence-electron chi connectivity index (χ0n) is 16.2. The number of sulfonamides is 1. The lowest BCUT2D eigenvalue weighted by atomic mass is 10.2. The minimum atomic E-state index is -4.16. The van der Waals surface area contributed by atoms with Crippen molar-refractivity contribution in [3.63, 3.8) is 0 Å². The molecule has 0 aromatic heterocycles. The third kappa shape index (κ3) is 5.58. The SMILES string of the molecule is COc1ccc(NS(=O)(=O)c2cc([N+](=O)[O-])ccc2N/N=C\c2ccccc2Br)cc1. The molecule has 0 saturated heterocycles. The van der Waals surface area contributed by atoms with E-state index in [1.54, 1.807) is 12.1 Å². The molecule has 0 heterocycles. The van der Waals surface area contributed by atoms with Crippen LogP contribution >= 0.6 is 15.9 Å². The largest absolute Gasteiger partial charge is 0.497 e. The number of anilines is 2. The van der Waals surface area contributed by atoms with Crippen molar-refractivity contribution in [3.8, 4) is 5.75 Å². The van der Waals surface area contributed by atoms with Crippen molar-refractivity contribution in [1.82, 2.24) is 0 Å². The second-order valence-electron chi connectivity index (χ2n) is 6.16. The van der Waals surface area contributed by atoms with Crippen LogP contribution in [-0.4, -0.2) is 26.7 Å². The van der Waals surface area contributed by atoms with E-state index in [0.717, 1.165) is 16.1 Å². The van der Waals surface area contributed by atoms with Gasteiger partial charge in [0.05, 0.1) is 23.9 Å². The molecule has 0 atom stereocenters. The van der Waals surface area contributed by atoms with Gasteiger partial charge < -0.3 is 4.74 Å². The monoisotopic (exact) mass is 504 g/mol. The van der Waals surface area contributed by atoms with Crippen molar-refractivity contribution in [2.24, 2.45) is 5.10 Å². The van der Waals surface area contributed by atoms with E-state index in [2.05, 4.69) is 31.2 Å². The van der Waals surface area contributed by atoms with Crippen LogP contribution in [0.15, 0.2) is 81.2 Å². The highest BCUT2D eigenvalue weighted by molar-refractivity contribution is 9.10. The van der Waals surface area contributed by atoms with Gasteiger partial charge in [-0.05, 0) is 36.4 Å². The fraction of sp³-hybridized carbons (Fsp3) is 0.0500. The topological polar surface area (TPSA) is 123 Å². The summed E-state index contributed by atoms with van der Waals surface area (Å²) in [6.07, 6.45) is 1.50. The number of hydrazone groups is 1. The molecule has 3 aromatic carbocycles. The zero-order chi connectivity index (χ0) is 22.4. The number of rotatable bonds is 8. The Kier molecular flexibility index (Phi) is 6.88. The van der Waals surface area contributed by atoms with E-state index < -0.39 is 14.9 Å². The molecule has 31 heavy (non-hydrogen) atoms. The Morgan fingerprint density at radius 1 is 1.10 bits per heavy atom. The molecule has 0 amide bonds. The zero-order valence-corrected chi connectivity index (χ0v) is 18.6. The molecule has 0 aliphatic rings. The van der Waals surface area contributed by atoms with Gasteiger partial charge in [0, 0.05) is 27.9 Å². The first-order valence-electron chi connectivity index (χ1n) is 8.79. The van der Waals surface area contributed by atoms with E-state index in [-0.39, 0.29) is 22.0 Å². The lowest BCUT2D eigenvalue weighted by Gasteiger charge is -2.12. The summed E-state index contributed by atoms with van der Waals surface area (Å²) in [5.41, 5.74) is 3.40. The number of ether oxygens (including phenoxy) is 1. The third-order valence-corrected chi connectivity index (χ3v) is 6.25. The van der Waals surface area contributed by atoms with Gasteiger partial charge in [0.25, 0.3) is 15.7 Å². The standard InChI is InChI=1S/C20H17BrN4O5S/c1-30-17-9-6-15(7-10-17)24-31(28,29)20-12-16(25(26)27)8-11-19(20)23-22-13-14-4-2-3-5-18(14)21/h2-13,23-24H,1H3/b22-13-. The molecular weight excluding hydrogens is 488 g/mol. The molecule has 9 nitrogen and oxygen atoms in total. The van der Waals surface area contributed by atoms with E-state index in [1.165, 1.54) is 37.6 Å². The average molecular weight is 505 g/mol. The summed E-state index contributed by atoms with van der Waals surface area (Å²) < 4.78 is 34.2. The van der Waals surface area contributed by atoms with Crippen molar-refractivity contribution >= 4 is 49.2 Å². The molecular formula is C20H17BrN4O5S. The molecule has 0 fully saturated rings. The number of nitro benzene ring substituents is 1. The number of nitro groups is 1. The molecule has 3 aromatic rings. The fourth-order valence-electron chi connectivity index (χ4n) is 2.56. The van der Waals surface area contributed by atoms with Gasteiger partial charge in [-0.1, -0.05) is 34.1 Å². The molecule has 2 N–H and O–H groups in total. The van der Waals surface area contributed by atoms with Crippen LogP contribution in [0.3, 0.4) is 0 Å². The van der Waals surface area contributed by atoms with Crippen LogP contribution in [-0.2, 0) is 10.0 Å². The number of halogens is 1. The Balaban J connectivity index is 1.93. The van der Waals surface area contributed by atoms with Gasteiger partial charge in [0.2, 0.25) is 0 Å². The predicted octanol–water partition coefficient (Wildman–Crippen LogP) is 4.61. The molecule has 0 aliphatic heterocycles. The van der Waals surface area contributed by atoms with Crippen molar-refractivity contribution in [3.05, 3.63) is 86.9 Å². The number of nitrogens with one attached hydrogen (secondary N) is 2. The number of non-ortho nitro benzene ring substituents is 1.